The number of carbonyl (C=O) groups excluding carboxylic acids is 2. The van der Waals surface area contributed by atoms with Gasteiger partial charge in [-0.2, -0.15) is 0 Å². The van der Waals surface area contributed by atoms with Crippen molar-refractivity contribution in [2.75, 3.05) is 16.8 Å². The van der Waals surface area contributed by atoms with E-state index in [1.54, 1.807) is 18.2 Å². The second-order valence-corrected chi connectivity index (χ2v) is 6.43. The Labute approximate surface area is 153 Å². The number of nitrogens with one attached hydrogen (secondary N) is 2. The fourth-order valence-electron chi connectivity index (χ4n) is 2.62. The molecule has 0 aromatic heterocycles. The Hall–Kier alpha value is -2.31. The van der Waals surface area contributed by atoms with Gasteiger partial charge in [-0.05, 0) is 36.4 Å². The number of urea groups is 1. The normalized spacial score (nSPS) is 16.8. The molecule has 25 heavy (non-hydrogen) atoms. The first-order valence-corrected chi connectivity index (χ1v) is 8.26. The molecule has 0 spiro atoms. The lowest BCUT2D eigenvalue weighted by Gasteiger charge is -2.17. The Morgan fingerprint density at radius 2 is 1.96 bits per heavy atom. The average Bonchev–Trinajstić information content (AvgIpc) is 2.91. The number of amides is 3. The third kappa shape index (κ3) is 4.21. The molecule has 1 aliphatic rings. The zero-order chi connectivity index (χ0) is 18.0. The van der Waals surface area contributed by atoms with E-state index in [-0.39, 0.29) is 24.9 Å². The quantitative estimate of drug-likeness (QED) is 0.841. The molecule has 0 unspecified atom stereocenters. The number of hydrogen-bond acceptors (Lipinski definition) is 2. The molecule has 0 bridgehead atoms. The fraction of sp³-hybridized carbons (Fsp3) is 0.176. The van der Waals surface area contributed by atoms with Gasteiger partial charge in [0.25, 0.3) is 0 Å². The molecule has 3 amide bonds. The standard InChI is InChI=1S/C17H14Cl2FN3O2/c18-14-5-4-11(7-15(14)19)21-17(25)22-12-8-16(24)23(9-12)13-3-1-2-10(20)6-13/h1-7,12H,8-9H2,(H2,21,22,25)/t12-/m1/s1. The van der Waals surface area contributed by atoms with Gasteiger partial charge in [0.15, 0.2) is 0 Å². The van der Waals surface area contributed by atoms with Gasteiger partial charge in [0.1, 0.15) is 5.82 Å². The summed E-state index contributed by atoms with van der Waals surface area (Å²) in [6.07, 6.45) is 0.144. The van der Waals surface area contributed by atoms with Gasteiger partial charge in [0, 0.05) is 24.3 Å². The van der Waals surface area contributed by atoms with E-state index in [4.69, 9.17) is 23.2 Å². The van der Waals surface area contributed by atoms with Gasteiger partial charge in [-0.3, -0.25) is 4.79 Å². The zero-order valence-corrected chi connectivity index (χ0v) is 14.4. The van der Waals surface area contributed by atoms with Gasteiger partial charge in [-0.15, -0.1) is 0 Å². The van der Waals surface area contributed by atoms with Crippen LogP contribution in [0.1, 0.15) is 6.42 Å². The molecule has 1 saturated heterocycles. The molecule has 0 saturated carbocycles. The number of nitrogens with zero attached hydrogens (tertiary/aromatic N) is 1. The summed E-state index contributed by atoms with van der Waals surface area (Å²) >= 11 is 11.7. The maximum atomic E-state index is 13.3. The molecule has 0 aliphatic carbocycles. The molecule has 1 fully saturated rings. The van der Waals surface area contributed by atoms with Crippen LogP contribution >= 0.6 is 23.2 Å². The van der Waals surface area contributed by atoms with E-state index < -0.39 is 11.8 Å². The molecule has 1 aliphatic heterocycles. The maximum absolute atomic E-state index is 13.3. The van der Waals surface area contributed by atoms with Gasteiger partial charge in [0.05, 0.1) is 16.1 Å². The Morgan fingerprint density at radius 1 is 1.16 bits per heavy atom. The molecule has 8 heteroatoms. The lowest BCUT2D eigenvalue weighted by Crippen LogP contribution is -2.39. The van der Waals surface area contributed by atoms with Crippen LogP contribution in [0.25, 0.3) is 0 Å². The minimum absolute atomic E-state index is 0.144. The second-order valence-electron chi connectivity index (χ2n) is 5.61. The first-order valence-electron chi connectivity index (χ1n) is 7.51. The van der Waals surface area contributed by atoms with Crippen molar-refractivity contribution in [3.05, 3.63) is 58.3 Å². The van der Waals surface area contributed by atoms with E-state index in [1.807, 2.05) is 0 Å². The van der Waals surface area contributed by atoms with Crippen molar-refractivity contribution in [2.45, 2.75) is 12.5 Å². The van der Waals surface area contributed by atoms with Crippen molar-refractivity contribution in [1.82, 2.24) is 5.32 Å². The molecule has 130 valence electrons. The second kappa shape index (κ2) is 7.29. The predicted molar refractivity (Wildman–Crippen MR) is 95.8 cm³/mol. The molecule has 1 atom stereocenters. The van der Waals surface area contributed by atoms with E-state index in [0.29, 0.717) is 21.4 Å². The number of benzene rings is 2. The molecular weight excluding hydrogens is 368 g/mol. The van der Waals surface area contributed by atoms with Gasteiger partial charge in [-0.25, -0.2) is 9.18 Å². The SMILES string of the molecule is O=C(Nc1ccc(Cl)c(Cl)c1)N[C@@H]1CC(=O)N(c2cccc(F)c2)C1. The highest BCUT2D eigenvalue weighted by Gasteiger charge is 2.31. The van der Waals surface area contributed by atoms with E-state index in [2.05, 4.69) is 10.6 Å². The summed E-state index contributed by atoms with van der Waals surface area (Å²) in [4.78, 5) is 25.7. The minimum Gasteiger partial charge on any atom is -0.333 e. The topological polar surface area (TPSA) is 61.4 Å². The smallest absolute Gasteiger partial charge is 0.319 e. The van der Waals surface area contributed by atoms with Crippen molar-refractivity contribution in [3.8, 4) is 0 Å². The van der Waals surface area contributed by atoms with Crippen LogP contribution in [-0.2, 0) is 4.79 Å². The van der Waals surface area contributed by atoms with Crippen LogP contribution in [0, 0.1) is 5.82 Å². The van der Waals surface area contributed by atoms with Crippen LogP contribution in [0.15, 0.2) is 42.5 Å². The van der Waals surface area contributed by atoms with Crippen LogP contribution in [0.4, 0.5) is 20.6 Å². The molecule has 3 rings (SSSR count). The Morgan fingerprint density at radius 3 is 2.68 bits per heavy atom. The zero-order valence-electron chi connectivity index (χ0n) is 12.9. The van der Waals surface area contributed by atoms with Gasteiger partial charge in [0.2, 0.25) is 5.91 Å². The first kappa shape index (κ1) is 17.5. The highest BCUT2D eigenvalue weighted by atomic mass is 35.5. The number of rotatable bonds is 3. The van der Waals surface area contributed by atoms with Crippen LogP contribution in [0.5, 0.6) is 0 Å². The summed E-state index contributed by atoms with van der Waals surface area (Å²) in [5.74, 6) is -0.593. The summed E-state index contributed by atoms with van der Waals surface area (Å²) in [5, 5.41) is 6.07. The van der Waals surface area contributed by atoms with Gasteiger partial charge >= 0.3 is 6.03 Å². The summed E-state index contributed by atoms with van der Waals surface area (Å²) in [6, 6.07) is 9.67. The monoisotopic (exact) mass is 381 g/mol. The molecule has 2 aromatic rings. The summed E-state index contributed by atoms with van der Waals surface area (Å²) < 4.78 is 13.3. The van der Waals surface area contributed by atoms with Crippen molar-refractivity contribution in [3.63, 3.8) is 0 Å². The van der Waals surface area contributed by atoms with Crippen molar-refractivity contribution >= 4 is 46.5 Å². The molecule has 2 N–H and O–H groups in total. The van der Waals surface area contributed by atoms with E-state index >= 15 is 0 Å². The predicted octanol–water partition coefficient (Wildman–Crippen LogP) is 4.06. The molecule has 2 aromatic carbocycles. The summed E-state index contributed by atoms with van der Waals surface area (Å²) in [5.41, 5.74) is 0.956. The van der Waals surface area contributed by atoms with E-state index in [0.717, 1.165) is 0 Å². The third-order valence-electron chi connectivity index (χ3n) is 3.76. The van der Waals surface area contributed by atoms with Gasteiger partial charge in [-0.1, -0.05) is 29.3 Å². The minimum atomic E-state index is -0.461. The average molecular weight is 382 g/mol. The molecule has 5 nitrogen and oxygen atoms in total. The molecular formula is C17H14Cl2FN3O2. The highest BCUT2D eigenvalue weighted by Crippen LogP contribution is 2.25. The van der Waals surface area contributed by atoms with Crippen molar-refractivity contribution in [2.24, 2.45) is 0 Å². The fourth-order valence-corrected chi connectivity index (χ4v) is 2.92. The Balaban J connectivity index is 1.61. The number of halogens is 3. The maximum Gasteiger partial charge on any atom is 0.319 e. The lowest BCUT2D eigenvalue weighted by atomic mass is 10.2. The number of hydrogen-bond donors (Lipinski definition) is 2. The summed E-state index contributed by atoms with van der Waals surface area (Å²) in [7, 11) is 0. The first-order chi connectivity index (χ1) is 11.9. The number of carbonyl (C=O) groups is 2. The van der Waals surface area contributed by atoms with Crippen LogP contribution in [0.2, 0.25) is 10.0 Å². The van der Waals surface area contributed by atoms with Crippen molar-refractivity contribution in [1.29, 1.82) is 0 Å². The molecule has 1 heterocycles. The molecule has 0 radical (unpaired) electrons. The lowest BCUT2D eigenvalue weighted by molar-refractivity contribution is -0.117. The van der Waals surface area contributed by atoms with E-state index in [1.165, 1.54) is 29.2 Å². The Kier molecular flexibility index (Phi) is 5.11. The van der Waals surface area contributed by atoms with Crippen LogP contribution < -0.4 is 15.5 Å². The third-order valence-corrected chi connectivity index (χ3v) is 4.50. The number of anilines is 2. The van der Waals surface area contributed by atoms with Crippen molar-refractivity contribution < 1.29 is 14.0 Å². The highest BCUT2D eigenvalue weighted by molar-refractivity contribution is 6.42. The Bertz CT molecular complexity index is 831. The summed E-state index contributed by atoms with van der Waals surface area (Å²) in [6.45, 7) is 0.275. The largest absolute Gasteiger partial charge is 0.333 e. The van der Waals surface area contributed by atoms with Crippen LogP contribution in [0.3, 0.4) is 0 Å². The van der Waals surface area contributed by atoms with Gasteiger partial charge < -0.3 is 15.5 Å². The van der Waals surface area contributed by atoms with E-state index in [9.17, 15) is 14.0 Å². The van der Waals surface area contributed by atoms with Crippen LogP contribution in [-0.4, -0.2) is 24.5 Å².